The van der Waals surface area contributed by atoms with E-state index < -0.39 is 0 Å². The molecule has 6 rings (SSSR count). The van der Waals surface area contributed by atoms with Gasteiger partial charge in [-0.3, -0.25) is 9.59 Å². The fourth-order valence-electron chi connectivity index (χ4n) is 4.49. The highest BCUT2D eigenvalue weighted by molar-refractivity contribution is 5.93. The Balaban J connectivity index is 1.31. The second-order valence-electron chi connectivity index (χ2n) is 7.76. The lowest BCUT2D eigenvalue weighted by Gasteiger charge is -2.35. The smallest absolute Gasteiger partial charge is 0.275 e. The number of amides is 2. The molecule has 28 heavy (non-hydrogen) atoms. The van der Waals surface area contributed by atoms with Gasteiger partial charge in [0.1, 0.15) is 5.76 Å². The number of hydrogen-bond donors (Lipinski definition) is 0. The maximum absolute atomic E-state index is 12.9. The molecule has 3 atom stereocenters. The molecule has 1 saturated carbocycles. The van der Waals surface area contributed by atoms with Gasteiger partial charge in [0.25, 0.3) is 5.91 Å². The van der Waals surface area contributed by atoms with Crippen LogP contribution in [0.25, 0.3) is 0 Å². The van der Waals surface area contributed by atoms with Gasteiger partial charge in [-0.2, -0.15) is 0 Å². The maximum Gasteiger partial charge on any atom is 0.275 e. The van der Waals surface area contributed by atoms with Crippen LogP contribution in [-0.4, -0.2) is 60.1 Å². The van der Waals surface area contributed by atoms with Gasteiger partial charge in [0.2, 0.25) is 12.7 Å². The lowest BCUT2D eigenvalue weighted by molar-refractivity contribution is -0.130. The highest BCUT2D eigenvalue weighted by atomic mass is 16.7. The van der Waals surface area contributed by atoms with Gasteiger partial charge >= 0.3 is 0 Å². The molecular weight excluding hydrogens is 362 g/mol. The number of oxazole rings is 1. The lowest BCUT2D eigenvalue weighted by Crippen LogP contribution is -2.41. The third kappa shape index (κ3) is 2.55. The van der Waals surface area contributed by atoms with E-state index in [1.54, 1.807) is 14.1 Å². The third-order valence-corrected chi connectivity index (χ3v) is 5.92. The van der Waals surface area contributed by atoms with E-state index >= 15 is 0 Å². The van der Waals surface area contributed by atoms with Gasteiger partial charge in [-0.25, -0.2) is 4.98 Å². The Bertz CT molecular complexity index is 953. The molecule has 4 heterocycles. The highest BCUT2D eigenvalue weighted by Crippen LogP contribution is 2.53. The van der Waals surface area contributed by atoms with Crippen LogP contribution in [0, 0.1) is 5.92 Å². The summed E-state index contributed by atoms with van der Waals surface area (Å²) in [6.07, 6.45) is 2.57. The highest BCUT2D eigenvalue weighted by Gasteiger charge is 2.56. The molecule has 8 heteroatoms. The van der Waals surface area contributed by atoms with Crippen molar-refractivity contribution >= 4 is 11.8 Å². The number of carbonyl (C=O) groups is 2. The standard InChI is InChI=1S/C20H21N3O5/c1-22(2)20(25)18-19(26-9-21-18)17-12-7-13(17)23(8-12)16(24)6-11-3-4-14-15(5-11)28-10-27-14/h3-5,9,12-13,17H,6-8,10H2,1-2H3. The Morgan fingerprint density at radius 2 is 2.07 bits per heavy atom. The maximum atomic E-state index is 12.9. The number of carbonyl (C=O) groups excluding carboxylic acids is 2. The van der Waals surface area contributed by atoms with Crippen LogP contribution in [0.1, 0.15) is 34.2 Å². The molecule has 0 spiro atoms. The number of ether oxygens (including phenoxy) is 2. The number of fused-ring (bicyclic) bond motifs is 2. The second kappa shape index (κ2) is 6.25. The predicted molar refractivity (Wildman–Crippen MR) is 97.1 cm³/mol. The van der Waals surface area contributed by atoms with Crippen molar-refractivity contribution in [3.05, 3.63) is 41.6 Å². The Kier molecular flexibility index (Phi) is 3.82. The summed E-state index contributed by atoms with van der Waals surface area (Å²) in [6.45, 7) is 0.907. The Hall–Kier alpha value is -3.03. The SMILES string of the molecule is CN(C)C(=O)c1ncoc1C1C2CC1N(C(=O)Cc1ccc3c(c1)OCO3)C2. The fourth-order valence-corrected chi connectivity index (χ4v) is 4.49. The Labute approximate surface area is 162 Å². The van der Waals surface area contributed by atoms with Gasteiger partial charge in [-0.1, -0.05) is 6.07 Å². The van der Waals surface area contributed by atoms with Crippen LogP contribution >= 0.6 is 0 Å². The monoisotopic (exact) mass is 383 g/mol. The molecule has 2 amide bonds. The van der Waals surface area contributed by atoms with Gasteiger partial charge in [0.05, 0.1) is 6.42 Å². The van der Waals surface area contributed by atoms with E-state index in [0.717, 1.165) is 12.0 Å². The number of hydrogen-bond acceptors (Lipinski definition) is 6. The molecule has 1 aromatic carbocycles. The average Bonchev–Trinajstić information content (AvgIpc) is 3.42. The fraction of sp³-hybridized carbons (Fsp3) is 0.450. The van der Waals surface area contributed by atoms with Crippen molar-refractivity contribution < 1.29 is 23.5 Å². The van der Waals surface area contributed by atoms with E-state index in [4.69, 9.17) is 13.9 Å². The number of aromatic nitrogens is 1. The molecule has 3 fully saturated rings. The van der Waals surface area contributed by atoms with Crippen LogP contribution in [0.5, 0.6) is 11.5 Å². The van der Waals surface area contributed by atoms with Crippen molar-refractivity contribution in [2.24, 2.45) is 5.92 Å². The van der Waals surface area contributed by atoms with Crippen LogP contribution in [0.2, 0.25) is 0 Å². The van der Waals surface area contributed by atoms with E-state index in [-0.39, 0.29) is 30.6 Å². The lowest BCUT2D eigenvalue weighted by atomic mass is 9.72. The second-order valence-corrected chi connectivity index (χ2v) is 7.76. The minimum absolute atomic E-state index is 0.0436. The first-order chi connectivity index (χ1) is 13.5. The molecule has 1 aromatic heterocycles. The number of nitrogens with zero attached hydrogens (tertiary/aromatic N) is 3. The molecule has 4 aliphatic rings. The average molecular weight is 383 g/mol. The molecular formula is C20H21N3O5. The quantitative estimate of drug-likeness (QED) is 0.798. The minimum Gasteiger partial charge on any atom is -0.454 e. The molecule has 2 bridgehead atoms. The summed E-state index contributed by atoms with van der Waals surface area (Å²) in [6, 6.07) is 5.66. The topological polar surface area (TPSA) is 85.1 Å². The molecule has 2 saturated heterocycles. The van der Waals surface area contributed by atoms with E-state index in [1.807, 2.05) is 23.1 Å². The summed E-state index contributed by atoms with van der Waals surface area (Å²) >= 11 is 0. The van der Waals surface area contributed by atoms with E-state index in [1.165, 1.54) is 11.3 Å². The summed E-state index contributed by atoms with van der Waals surface area (Å²) in [5, 5.41) is 0. The van der Waals surface area contributed by atoms with Gasteiger partial charge in [0.15, 0.2) is 23.6 Å². The molecule has 0 N–H and O–H groups in total. The van der Waals surface area contributed by atoms with Crippen molar-refractivity contribution in [2.45, 2.75) is 24.8 Å². The summed E-state index contributed by atoms with van der Waals surface area (Å²) in [4.78, 5) is 32.8. The van der Waals surface area contributed by atoms with Crippen molar-refractivity contribution in [2.75, 3.05) is 27.4 Å². The van der Waals surface area contributed by atoms with Crippen molar-refractivity contribution in [1.29, 1.82) is 0 Å². The van der Waals surface area contributed by atoms with Gasteiger partial charge in [-0.15, -0.1) is 0 Å². The first-order valence-electron chi connectivity index (χ1n) is 9.36. The first-order valence-corrected chi connectivity index (χ1v) is 9.36. The van der Waals surface area contributed by atoms with Crippen LogP contribution in [0.4, 0.5) is 0 Å². The number of benzene rings is 1. The van der Waals surface area contributed by atoms with E-state index in [2.05, 4.69) is 4.98 Å². The van der Waals surface area contributed by atoms with E-state index in [9.17, 15) is 9.59 Å². The van der Waals surface area contributed by atoms with Crippen LogP contribution in [0.3, 0.4) is 0 Å². The first kappa shape index (κ1) is 17.1. The third-order valence-electron chi connectivity index (χ3n) is 5.92. The van der Waals surface area contributed by atoms with Crippen molar-refractivity contribution in [1.82, 2.24) is 14.8 Å². The Morgan fingerprint density at radius 1 is 1.25 bits per heavy atom. The van der Waals surface area contributed by atoms with E-state index in [0.29, 0.717) is 41.8 Å². The van der Waals surface area contributed by atoms with Gasteiger partial charge in [-0.05, 0) is 30.0 Å². The molecule has 8 nitrogen and oxygen atoms in total. The van der Waals surface area contributed by atoms with Crippen LogP contribution in [-0.2, 0) is 11.2 Å². The zero-order valence-corrected chi connectivity index (χ0v) is 15.8. The Morgan fingerprint density at radius 3 is 2.89 bits per heavy atom. The summed E-state index contributed by atoms with van der Waals surface area (Å²) in [5.41, 5.74) is 1.26. The van der Waals surface area contributed by atoms with Crippen LogP contribution < -0.4 is 9.47 Å². The summed E-state index contributed by atoms with van der Waals surface area (Å²) in [7, 11) is 3.38. The molecule has 3 aliphatic heterocycles. The van der Waals surface area contributed by atoms with Gasteiger partial charge in [0, 0.05) is 32.6 Å². The van der Waals surface area contributed by atoms with Crippen LogP contribution in [0.15, 0.2) is 29.0 Å². The normalized spacial score (nSPS) is 24.2. The molecule has 1 aliphatic carbocycles. The molecule has 0 radical (unpaired) electrons. The summed E-state index contributed by atoms with van der Waals surface area (Å²) < 4.78 is 16.3. The zero-order chi connectivity index (χ0) is 19.4. The minimum atomic E-state index is -0.173. The predicted octanol–water partition coefficient (Wildman–Crippen LogP) is 1.66. The largest absolute Gasteiger partial charge is 0.454 e. The van der Waals surface area contributed by atoms with Gasteiger partial charge < -0.3 is 23.7 Å². The van der Waals surface area contributed by atoms with Crippen molar-refractivity contribution in [3.63, 3.8) is 0 Å². The molecule has 146 valence electrons. The molecule has 3 unspecified atom stereocenters. The van der Waals surface area contributed by atoms with Crippen molar-refractivity contribution in [3.8, 4) is 11.5 Å². The number of rotatable bonds is 4. The summed E-state index contributed by atoms with van der Waals surface area (Å²) in [5.74, 6) is 2.26. The molecule has 2 aromatic rings. The zero-order valence-electron chi connectivity index (χ0n) is 15.8.